The van der Waals surface area contributed by atoms with Gasteiger partial charge in [-0.15, -0.1) is 0 Å². The van der Waals surface area contributed by atoms with Crippen LogP contribution in [-0.2, 0) is 29.1 Å². The molecule has 0 radical (unpaired) electrons. The molecule has 56 heavy (non-hydrogen) atoms. The number of carbonyl (C=O) groups excluding carboxylic acids is 4. The van der Waals surface area contributed by atoms with Gasteiger partial charge in [0.2, 0.25) is 27.7 Å². The molecule has 2 saturated carbocycles. The number of fused-ring (bicyclic) bond motifs is 3. The molecule has 2 aliphatic heterocycles. The summed E-state index contributed by atoms with van der Waals surface area (Å²) >= 11 is 0. The number of sulfonamides is 1. The summed E-state index contributed by atoms with van der Waals surface area (Å²) in [7, 11) is -4.00. The lowest BCUT2D eigenvalue weighted by Gasteiger charge is -2.33. The van der Waals surface area contributed by atoms with E-state index in [9.17, 15) is 27.6 Å². The monoisotopic (exact) mass is 795 g/mol. The van der Waals surface area contributed by atoms with Gasteiger partial charge in [0.25, 0.3) is 5.91 Å². The summed E-state index contributed by atoms with van der Waals surface area (Å²) in [6, 6.07) is 5.35. The molecule has 7 atom stereocenters. The third-order valence-electron chi connectivity index (χ3n) is 11.4. The number of nitrogens with zero attached hydrogens (tertiary/aromatic N) is 2. The Morgan fingerprint density at radius 3 is 2.48 bits per heavy atom. The summed E-state index contributed by atoms with van der Waals surface area (Å²) in [5, 5.41) is 7.23. The SMILES string of the molecule is CCCOc1cnc(O[C@@H]2C[C@H]3C(=O)N[C@]4(C(=O)NS(=O)(=O)C5(C)CC5)C[C@H]4/C=C\CC[C@@H](C)C[C@@H](C)C(NC(=O)OC(C)(C)C)C(=O)N3C2)c2ccccc12. The normalized spacial score (nSPS) is 29.7. The van der Waals surface area contributed by atoms with Crippen LogP contribution >= 0.6 is 0 Å². The van der Waals surface area contributed by atoms with Gasteiger partial charge >= 0.3 is 6.09 Å². The van der Waals surface area contributed by atoms with E-state index >= 15 is 0 Å². The number of hydrogen-bond acceptors (Lipinski definition) is 10. The molecule has 1 aromatic heterocycles. The van der Waals surface area contributed by atoms with Gasteiger partial charge in [0.15, 0.2) is 0 Å². The summed E-state index contributed by atoms with van der Waals surface area (Å²) in [6.07, 6.45) is 7.95. The summed E-state index contributed by atoms with van der Waals surface area (Å²) in [6.45, 7) is 13.3. The number of allylic oxidation sites excluding steroid dienone is 1. The maximum Gasteiger partial charge on any atom is 0.408 e. The van der Waals surface area contributed by atoms with Crippen LogP contribution in [0.4, 0.5) is 4.79 Å². The molecule has 14 nitrogen and oxygen atoms in total. The van der Waals surface area contributed by atoms with E-state index in [0.29, 0.717) is 49.3 Å². The predicted octanol–water partition coefficient (Wildman–Crippen LogP) is 5.15. The number of amides is 4. The third kappa shape index (κ3) is 8.92. The molecule has 4 amide bonds. The minimum absolute atomic E-state index is 0.0228. The first-order valence-electron chi connectivity index (χ1n) is 19.9. The number of benzene rings is 1. The highest BCUT2D eigenvalue weighted by Crippen LogP contribution is 2.47. The molecule has 1 aromatic carbocycles. The van der Waals surface area contributed by atoms with Crippen molar-refractivity contribution in [2.45, 2.75) is 134 Å². The molecule has 15 heteroatoms. The maximum absolute atomic E-state index is 14.8. The summed E-state index contributed by atoms with van der Waals surface area (Å²) in [4.78, 5) is 62.5. The van der Waals surface area contributed by atoms with E-state index in [2.05, 4.69) is 27.3 Å². The Kier molecular flexibility index (Phi) is 11.7. The van der Waals surface area contributed by atoms with Crippen LogP contribution in [-0.4, -0.2) is 89.3 Å². The molecule has 1 unspecified atom stereocenters. The Balaban J connectivity index is 1.35. The Bertz CT molecular complexity index is 1980. The van der Waals surface area contributed by atoms with E-state index in [1.54, 1.807) is 33.9 Å². The zero-order valence-corrected chi connectivity index (χ0v) is 34.4. The Morgan fingerprint density at radius 1 is 1.09 bits per heavy atom. The molecule has 2 aliphatic carbocycles. The summed E-state index contributed by atoms with van der Waals surface area (Å²) < 4.78 is 45.7. The molecule has 0 spiro atoms. The summed E-state index contributed by atoms with van der Waals surface area (Å²) in [5.74, 6) is -1.64. The van der Waals surface area contributed by atoms with Crippen LogP contribution in [0.1, 0.15) is 99.8 Å². The number of alkyl carbamates (subject to hydrolysis) is 1. The van der Waals surface area contributed by atoms with Gasteiger partial charge in [-0.2, -0.15) is 0 Å². The van der Waals surface area contributed by atoms with Crippen molar-refractivity contribution in [2.24, 2.45) is 17.8 Å². The van der Waals surface area contributed by atoms with Crippen molar-refractivity contribution in [3.63, 3.8) is 0 Å². The molecule has 1 saturated heterocycles. The van der Waals surface area contributed by atoms with Crippen LogP contribution in [0.25, 0.3) is 10.8 Å². The Morgan fingerprint density at radius 2 is 1.80 bits per heavy atom. The minimum Gasteiger partial charge on any atom is -0.491 e. The topological polar surface area (TPSA) is 182 Å². The molecular weight excluding hydrogens is 739 g/mol. The van der Waals surface area contributed by atoms with Crippen molar-refractivity contribution in [3.8, 4) is 11.6 Å². The highest BCUT2D eigenvalue weighted by Gasteiger charge is 2.63. The van der Waals surface area contributed by atoms with Crippen LogP contribution in [0, 0.1) is 17.8 Å². The largest absolute Gasteiger partial charge is 0.491 e. The van der Waals surface area contributed by atoms with Gasteiger partial charge in [-0.25, -0.2) is 18.2 Å². The van der Waals surface area contributed by atoms with Crippen LogP contribution in [0.3, 0.4) is 0 Å². The fourth-order valence-corrected chi connectivity index (χ4v) is 9.06. The molecule has 3 fully saturated rings. The van der Waals surface area contributed by atoms with Gasteiger partial charge in [-0.1, -0.05) is 51.1 Å². The van der Waals surface area contributed by atoms with Crippen molar-refractivity contribution < 1.29 is 41.8 Å². The number of nitrogens with one attached hydrogen (secondary N) is 3. The lowest BCUT2D eigenvalue weighted by atomic mass is 9.88. The quantitative estimate of drug-likeness (QED) is 0.287. The van der Waals surface area contributed by atoms with E-state index < -0.39 is 73.8 Å². The van der Waals surface area contributed by atoms with Crippen molar-refractivity contribution in [2.75, 3.05) is 13.2 Å². The van der Waals surface area contributed by atoms with Crippen LogP contribution in [0.15, 0.2) is 42.6 Å². The van der Waals surface area contributed by atoms with Crippen molar-refractivity contribution >= 4 is 44.6 Å². The first kappa shape index (κ1) is 41.2. The van der Waals surface area contributed by atoms with Crippen LogP contribution in [0.5, 0.6) is 11.6 Å². The van der Waals surface area contributed by atoms with Crippen LogP contribution < -0.4 is 24.8 Å². The lowest BCUT2D eigenvalue weighted by molar-refractivity contribution is -0.142. The average molecular weight is 796 g/mol. The maximum atomic E-state index is 14.8. The molecule has 2 aromatic rings. The smallest absolute Gasteiger partial charge is 0.408 e. The fourth-order valence-electron chi connectivity index (χ4n) is 7.75. The van der Waals surface area contributed by atoms with Crippen LogP contribution in [0.2, 0.25) is 0 Å². The van der Waals surface area contributed by atoms with E-state index in [4.69, 9.17) is 14.2 Å². The van der Waals surface area contributed by atoms with E-state index in [0.717, 1.165) is 18.2 Å². The summed E-state index contributed by atoms with van der Waals surface area (Å²) in [5.41, 5.74) is -2.35. The number of ether oxygens (including phenoxy) is 3. The minimum atomic E-state index is -4.00. The van der Waals surface area contributed by atoms with E-state index in [1.165, 1.54) is 4.90 Å². The Hall–Kier alpha value is -4.40. The van der Waals surface area contributed by atoms with Gasteiger partial charge < -0.3 is 29.7 Å². The van der Waals surface area contributed by atoms with E-state index in [1.807, 2.05) is 50.3 Å². The average Bonchev–Trinajstić information content (AvgIpc) is 4.01. The Labute approximate surface area is 329 Å². The fraction of sp³-hybridized carbons (Fsp3) is 0.634. The zero-order chi connectivity index (χ0) is 40.6. The number of pyridine rings is 1. The van der Waals surface area contributed by atoms with Gasteiger partial charge in [-0.05, 0) is 90.5 Å². The third-order valence-corrected chi connectivity index (χ3v) is 13.5. The number of carbonyl (C=O) groups is 4. The standard InChI is InChI=1S/C41H57N5O9S/c1-8-19-53-32-23-42-35(30-16-12-11-15-29(30)32)54-28-21-31-34(47)44-41(37(49)45-56(51,52)40(7)17-18-40)22-27(41)14-10-9-13-25(2)20-26(3)33(36(48)46(31)24-28)43-38(50)55-39(4,5)6/h10-12,14-16,23,25-28,31,33H,8-9,13,17-22,24H2,1-7H3,(H,43,50)(H,44,47)(H,45,49)/b14-10-/t25-,26-,27-,28-,31+,33?,41-/m1/s1. The molecule has 4 aliphatic rings. The van der Waals surface area contributed by atoms with E-state index in [-0.39, 0.29) is 31.2 Å². The molecule has 0 bridgehead atoms. The first-order chi connectivity index (χ1) is 26.4. The first-order valence-corrected chi connectivity index (χ1v) is 21.4. The highest BCUT2D eigenvalue weighted by molar-refractivity contribution is 7.91. The van der Waals surface area contributed by atoms with Gasteiger partial charge in [0, 0.05) is 23.1 Å². The van der Waals surface area contributed by atoms with Gasteiger partial charge in [0.05, 0.1) is 24.1 Å². The van der Waals surface area contributed by atoms with Crippen molar-refractivity contribution in [3.05, 3.63) is 42.6 Å². The number of hydrogen-bond donors (Lipinski definition) is 3. The second-order valence-electron chi connectivity index (χ2n) is 17.4. The molecule has 3 heterocycles. The molecule has 3 N–H and O–H groups in total. The number of rotatable bonds is 9. The van der Waals surface area contributed by atoms with Crippen molar-refractivity contribution in [1.29, 1.82) is 0 Å². The van der Waals surface area contributed by atoms with Gasteiger partial charge in [-0.3, -0.25) is 19.1 Å². The molecule has 6 rings (SSSR count). The lowest BCUT2D eigenvalue weighted by Crippen LogP contribution is -2.59. The number of aromatic nitrogens is 1. The van der Waals surface area contributed by atoms with Gasteiger partial charge in [0.1, 0.15) is 35.1 Å². The highest BCUT2D eigenvalue weighted by atomic mass is 32.2. The molecule has 306 valence electrons. The predicted molar refractivity (Wildman–Crippen MR) is 210 cm³/mol. The zero-order valence-electron chi connectivity index (χ0n) is 33.6. The second-order valence-corrected chi connectivity index (χ2v) is 19.6. The second kappa shape index (κ2) is 15.9. The van der Waals surface area contributed by atoms with Crippen molar-refractivity contribution in [1.82, 2.24) is 25.2 Å². The molecular formula is C41H57N5O9S.